The number of hydrogen-bond acceptors (Lipinski definition) is 6. The van der Waals surface area contributed by atoms with E-state index in [1.165, 1.54) is 12.8 Å². The Morgan fingerprint density at radius 2 is 1.79 bits per heavy atom. The number of hydrogen-bond donors (Lipinski definition) is 2. The Morgan fingerprint density at radius 3 is 2.61 bits per heavy atom. The van der Waals surface area contributed by atoms with E-state index in [4.69, 9.17) is 0 Å². The van der Waals surface area contributed by atoms with Crippen LogP contribution in [0.5, 0.6) is 0 Å². The molecule has 1 aliphatic carbocycles. The average Bonchev–Trinajstić information content (AvgIpc) is 3.32. The predicted octanol–water partition coefficient (Wildman–Crippen LogP) is 2.69. The van der Waals surface area contributed by atoms with Crippen LogP contribution in [0.2, 0.25) is 0 Å². The zero-order chi connectivity index (χ0) is 19.1. The van der Waals surface area contributed by atoms with E-state index in [-0.39, 0.29) is 0 Å². The largest absolute Gasteiger partial charge is 0.350 e. The summed E-state index contributed by atoms with van der Waals surface area (Å²) in [4.78, 5) is 13.3. The Hall–Kier alpha value is -3.00. The van der Waals surface area contributed by atoms with Gasteiger partial charge in [0.25, 0.3) is 0 Å². The van der Waals surface area contributed by atoms with Gasteiger partial charge < -0.3 is 10.6 Å². The molecular formula is C20H24N8. The van der Waals surface area contributed by atoms with Crippen molar-refractivity contribution in [1.29, 1.82) is 0 Å². The molecule has 0 unspecified atom stereocenters. The number of nitrogens with zero attached hydrogens (tertiary/aromatic N) is 6. The summed E-state index contributed by atoms with van der Waals surface area (Å²) in [7, 11) is 2.04. The summed E-state index contributed by atoms with van der Waals surface area (Å²) < 4.78 is 3.88. The fourth-order valence-electron chi connectivity index (χ4n) is 4.05. The van der Waals surface area contributed by atoms with Gasteiger partial charge in [-0.25, -0.2) is 19.5 Å². The number of nitrogens with one attached hydrogen (secondary N) is 2. The molecule has 0 amide bonds. The second-order valence-electron chi connectivity index (χ2n) is 7.53. The summed E-state index contributed by atoms with van der Waals surface area (Å²) in [5.74, 6) is 1.39. The molecule has 4 aromatic heterocycles. The van der Waals surface area contributed by atoms with Gasteiger partial charge in [-0.3, -0.25) is 4.40 Å². The summed E-state index contributed by atoms with van der Waals surface area (Å²) >= 11 is 0. The number of imidazole rings is 1. The van der Waals surface area contributed by atoms with Gasteiger partial charge in [-0.15, -0.1) is 5.10 Å². The second-order valence-corrected chi connectivity index (χ2v) is 7.53. The lowest BCUT2D eigenvalue weighted by atomic mass is 9.91. The molecule has 0 spiro atoms. The van der Waals surface area contributed by atoms with E-state index in [0.29, 0.717) is 23.8 Å². The van der Waals surface area contributed by atoms with Gasteiger partial charge in [-0.1, -0.05) is 0 Å². The minimum absolute atomic E-state index is 0.438. The fraction of sp³-hybridized carbons (Fsp3) is 0.400. The summed E-state index contributed by atoms with van der Waals surface area (Å²) in [5.41, 5.74) is 4.10. The van der Waals surface area contributed by atoms with Crippen molar-refractivity contribution in [2.24, 2.45) is 0 Å². The SMILES string of the molecule is CNC1CCC(Nc2ncc3c(-c4cnc5ncc(C)n5c4)ccn3n2)CC1. The van der Waals surface area contributed by atoms with Crippen LogP contribution >= 0.6 is 0 Å². The molecular weight excluding hydrogens is 352 g/mol. The molecule has 28 heavy (non-hydrogen) atoms. The van der Waals surface area contributed by atoms with Crippen molar-refractivity contribution >= 4 is 17.2 Å². The van der Waals surface area contributed by atoms with Crippen LogP contribution in [0.25, 0.3) is 22.4 Å². The maximum atomic E-state index is 4.66. The Balaban J connectivity index is 1.41. The maximum absolute atomic E-state index is 4.66. The van der Waals surface area contributed by atoms with Crippen LogP contribution in [0.15, 0.2) is 37.1 Å². The molecule has 0 atom stereocenters. The van der Waals surface area contributed by atoms with Gasteiger partial charge in [0.1, 0.15) is 0 Å². The molecule has 4 aromatic rings. The molecule has 0 aromatic carbocycles. The summed E-state index contributed by atoms with van der Waals surface area (Å²) in [5, 5.41) is 11.5. The highest BCUT2D eigenvalue weighted by molar-refractivity contribution is 5.79. The maximum Gasteiger partial charge on any atom is 0.241 e. The van der Waals surface area contributed by atoms with E-state index in [1.807, 2.05) is 47.7 Å². The molecule has 0 bridgehead atoms. The quantitative estimate of drug-likeness (QED) is 0.570. The van der Waals surface area contributed by atoms with Crippen LogP contribution in [0.3, 0.4) is 0 Å². The molecule has 0 aliphatic heterocycles. The van der Waals surface area contributed by atoms with Gasteiger partial charge in [-0.2, -0.15) is 0 Å². The monoisotopic (exact) mass is 376 g/mol. The lowest BCUT2D eigenvalue weighted by Gasteiger charge is -2.28. The normalized spacial score (nSPS) is 20.1. The number of anilines is 1. The Morgan fingerprint density at radius 1 is 1.00 bits per heavy atom. The fourth-order valence-corrected chi connectivity index (χ4v) is 4.05. The molecule has 2 N–H and O–H groups in total. The van der Waals surface area contributed by atoms with Gasteiger partial charge in [0, 0.05) is 47.5 Å². The van der Waals surface area contributed by atoms with Crippen LogP contribution in [0.1, 0.15) is 31.4 Å². The Bertz CT molecular complexity index is 1120. The van der Waals surface area contributed by atoms with E-state index in [0.717, 1.165) is 35.2 Å². The van der Waals surface area contributed by atoms with Crippen molar-refractivity contribution in [3.8, 4) is 11.1 Å². The second kappa shape index (κ2) is 6.87. The smallest absolute Gasteiger partial charge is 0.241 e. The molecule has 1 aliphatic rings. The predicted molar refractivity (Wildman–Crippen MR) is 108 cm³/mol. The number of rotatable bonds is 4. The van der Waals surface area contributed by atoms with Crippen LogP contribution < -0.4 is 10.6 Å². The van der Waals surface area contributed by atoms with E-state index in [2.05, 4.69) is 42.9 Å². The average molecular weight is 376 g/mol. The zero-order valence-corrected chi connectivity index (χ0v) is 16.1. The lowest BCUT2D eigenvalue weighted by Crippen LogP contribution is -2.35. The molecule has 8 nitrogen and oxygen atoms in total. The van der Waals surface area contributed by atoms with E-state index in [1.54, 1.807) is 0 Å². The lowest BCUT2D eigenvalue weighted by molar-refractivity contribution is 0.370. The highest BCUT2D eigenvalue weighted by Crippen LogP contribution is 2.26. The number of fused-ring (bicyclic) bond motifs is 2. The number of aryl methyl sites for hydroxylation is 1. The van der Waals surface area contributed by atoms with Crippen LogP contribution in [0.4, 0.5) is 5.95 Å². The highest BCUT2D eigenvalue weighted by Gasteiger charge is 2.20. The van der Waals surface area contributed by atoms with Gasteiger partial charge in [-0.05, 0) is 45.7 Å². The van der Waals surface area contributed by atoms with Crippen LogP contribution in [-0.4, -0.2) is 48.1 Å². The third kappa shape index (κ3) is 2.99. The van der Waals surface area contributed by atoms with Gasteiger partial charge in [0.2, 0.25) is 11.7 Å². The number of aromatic nitrogens is 6. The minimum atomic E-state index is 0.438. The Kier molecular flexibility index (Phi) is 4.20. The molecule has 0 saturated heterocycles. The van der Waals surface area contributed by atoms with Crippen LogP contribution in [0, 0.1) is 6.92 Å². The third-order valence-electron chi connectivity index (χ3n) is 5.75. The van der Waals surface area contributed by atoms with Crippen molar-refractivity contribution in [2.45, 2.75) is 44.7 Å². The minimum Gasteiger partial charge on any atom is -0.350 e. The standard InChI is InChI=1S/C20H24N8/c1-13-9-23-20-24-10-14(12-27(13)20)17-7-8-28-18(17)11-22-19(26-28)25-16-5-3-15(21-2)4-6-16/h7-12,15-16,21H,3-6H2,1-2H3,(H,25,26). The topological polar surface area (TPSA) is 84.4 Å². The van der Waals surface area contributed by atoms with Crippen LogP contribution in [-0.2, 0) is 0 Å². The summed E-state index contributed by atoms with van der Waals surface area (Å²) in [6.45, 7) is 2.02. The van der Waals surface area contributed by atoms with E-state index < -0.39 is 0 Å². The molecule has 8 heteroatoms. The van der Waals surface area contributed by atoms with Crippen molar-refractivity contribution in [3.05, 3.63) is 42.7 Å². The zero-order valence-electron chi connectivity index (χ0n) is 16.1. The van der Waals surface area contributed by atoms with Crippen molar-refractivity contribution in [1.82, 2.24) is 34.3 Å². The van der Waals surface area contributed by atoms with Crippen molar-refractivity contribution in [3.63, 3.8) is 0 Å². The first-order valence-electron chi connectivity index (χ1n) is 9.79. The van der Waals surface area contributed by atoms with E-state index in [9.17, 15) is 0 Å². The molecule has 1 fully saturated rings. The van der Waals surface area contributed by atoms with Crippen molar-refractivity contribution in [2.75, 3.05) is 12.4 Å². The summed E-state index contributed by atoms with van der Waals surface area (Å²) in [6, 6.07) is 3.13. The van der Waals surface area contributed by atoms with Gasteiger partial charge in [0.05, 0.1) is 17.9 Å². The molecule has 5 rings (SSSR count). The molecule has 144 valence electrons. The Labute approximate surface area is 163 Å². The van der Waals surface area contributed by atoms with E-state index >= 15 is 0 Å². The molecule has 0 radical (unpaired) electrons. The summed E-state index contributed by atoms with van der Waals surface area (Å²) in [6.07, 6.45) is 14.3. The van der Waals surface area contributed by atoms with Gasteiger partial charge >= 0.3 is 0 Å². The first kappa shape index (κ1) is 17.1. The highest BCUT2D eigenvalue weighted by atomic mass is 15.3. The van der Waals surface area contributed by atoms with Gasteiger partial charge in [0.15, 0.2) is 0 Å². The first-order chi connectivity index (χ1) is 13.7. The molecule has 4 heterocycles. The third-order valence-corrected chi connectivity index (χ3v) is 5.75. The van der Waals surface area contributed by atoms with Crippen molar-refractivity contribution < 1.29 is 0 Å². The first-order valence-corrected chi connectivity index (χ1v) is 9.79. The molecule has 1 saturated carbocycles.